The molecule has 6 nitrogen and oxygen atoms in total. The van der Waals surface area contributed by atoms with Gasteiger partial charge < -0.3 is 24.3 Å². The maximum atomic E-state index is 12.1. The number of ether oxygens (including phenoxy) is 4. The zero-order valence-electron chi connectivity index (χ0n) is 15.2. The number of benzene rings is 1. The van der Waals surface area contributed by atoms with Crippen molar-refractivity contribution in [2.45, 2.75) is 31.5 Å². The Morgan fingerprint density at radius 2 is 1.89 bits per heavy atom. The van der Waals surface area contributed by atoms with Gasteiger partial charge in [0.25, 0.3) is 0 Å². The Bertz CT molecular complexity index is 719. The third-order valence-corrected chi connectivity index (χ3v) is 5.57. The lowest BCUT2D eigenvalue weighted by atomic mass is 9.85. The average Bonchev–Trinajstić information content (AvgIpc) is 3.14. The van der Waals surface area contributed by atoms with Crippen molar-refractivity contribution in [2.75, 3.05) is 33.0 Å². The first-order chi connectivity index (χ1) is 13.1. The van der Waals surface area contributed by atoms with Crippen LogP contribution in [0.1, 0.15) is 31.2 Å². The van der Waals surface area contributed by atoms with Crippen LogP contribution in [0, 0.1) is 5.92 Å². The van der Waals surface area contributed by atoms with Crippen LogP contribution >= 0.6 is 11.6 Å². The van der Waals surface area contributed by atoms with E-state index in [2.05, 4.69) is 5.32 Å². The number of carbonyl (C=O) groups is 1. The van der Waals surface area contributed by atoms with Crippen molar-refractivity contribution in [3.8, 4) is 11.5 Å². The average molecular weight is 394 g/mol. The maximum Gasteiger partial charge on any atom is 0.244 e. The van der Waals surface area contributed by atoms with Crippen LogP contribution in [0.5, 0.6) is 11.5 Å². The van der Waals surface area contributed by atoms with Gasteiger partial charge in [0.1, 0.15) is 13.2 Å². The van der Waals surface area contributed by atoms with Gasteiger partial charge >= 0.3 is 0 Å². The van der Waals surface area contributed by atoms with Crippen LogP contribution < -0.4 is 14.8 Å². The van der Waals surface area contributed by atoms with Gasteiger partial charge in [0, 0.05) is 25.5 Å². The topological polar surface area (TPSA) is 66.0 Å². The van der Waals surface area contributed by atoms with E-state index in [0.717, 1.165) is 31.2 Å². The molecule has 0 bridgehead atoms. The van der Waals surface area contributed by atoms with Gasteiger partial charge in [-0.2, -0.15) is 0 Å². The molecule has 7 heteroatoms. The van der Waals surface area contributed by atoms with E-state index in [-0.39, 0.29) is 11.7 Å². The van der Waals surface area contributed by atoms with Crippen LogP contribution in [0.3, 0.4) is 0 Å². The van der Waals surface area contributed by atoms with E-state index >= 15 is 0 Å². The molecule has 1 saturated carbocycles. The zero-order valence-corrected chi connectivity index (χ0v) is 15.9. The van der Waals surface area contributed by atoms with Crippen molar-refractivity contribution in [2.24, 2.45) is 5.92 Å². The third-order valence-electron chi connectivity index (χ3n) is 5.29. The van der Waals surface area contributed by atoms with Gasteiger partial charge in [0.2, 0.25) is 5.91 Å². The first kappa shape index (κ1) is 18.6. The summed E-state index contributed by atoms with van der Waals surface area (Å²) in [6.45, 7) is 3.04. The normalized spacial score (nSPS) is 21.7. The number of rotatable bonds is 4. The molecular formula is C20H24ClNO5. The summed E-state index contributed by atoms with van der Waals surface area (Å²) in [6.07, 6.45) is 7.06. The number of amides is 1. The largest absolute Gasteiger partial charge is 0.486 e. The first-order valence-electron chi connectivity index (χ1n) is 9.47. The number of nitrogens with one attached hydrogen (secondary N) is 1. The predicted molar refractivity (Wildman–Crippen MR) is 101 cm³/mol. The zero-order chi connectivity index (χ0) is 18.7. The van der Waals surface area contributed by atoms with Crippen LogP contribution in [-0.4, -0.2) is 44.7 Å². The third kappa shape index (κ3) is 4.39. The summed E-state index contributed by atoms with van der Waals surface area (Å²) < 4.78 is 22.5. The highest BCUT2D eigenvalue weighted by molar-refractivity contribution is 6.32. The van der Waals surface area contributed by atoms with Crippen LogP contribution in [0.2, 0.25) is 5.02 Å². The summed E-state index contributed by atoms with van der Waals surface area (Å²) in [6, 6.07) is 3.59. The van der Waals surface area contributed by atoms with Crippen LogP contribution in [0.4, 0.5) is 0 Å². The summed E-state index contributed by atoms with van der Waals surface area (Å²) in [7, 11) is 0. The lowest BCUT2D eigenvalue weighted by molar-refractivity contribution is -0.182. The minimum absolute atomic E-state index is 0.116. The number of fused-ring (bicyclic) bond motifs is 1. The van der Waals surface area contributed by atoms with Gasteiger partial charge in [0.15, 0.2) is 17.3 Å². The van der Waals surface area contributed by atoms with Crippen molar-refractivity contribution in [3.05, 3.63) is 28.8 Å². The second-order valence-electron chi connectivity index (χ2n) is 7.16. The second-order valence-corrected chi connectivity index (χ2v) is 7.56. The minimum atomic E-state index is -0.349. The summed E-state index contributed by atoms with van der Waals surface area (Å²) in [5.74, 6) is 1.17. The highest BCUT2D eigenvalue weighted by atomic mass is 35.5. The van der Waals surface area contributed by atoms with E-state index in [9.17, 15) is 4.79 Å². The number of hydrogen-bond acceptors (Lipinski definition) is 5. The van der Waals surface area contributed by atoms with Gasteiger partial charge in [-0.3, -0.25) is 4.79 Å². The molecule has 2 fully saturated rings. The second kappa shape index (κ2) is 8.09. The fourth-order valence-electron chi connectivity index (χ4n) is 3.81. The molecule has 1 amide bonds. The van der Waals surface area contributed by atoms with E-state index in [0.29, 0.717) is 55.4 Å². The minimum Gasteiger partial charge on any atom is -0.486 e. The van der Waals surface area contributed by atoms with Crippen molar-refractivity contribution in [3.63, 3.8) is 0 Å². The number of hydrogen-bond donors (Lipinski definition) is 1. The molecule has 1 aromatic carbocycles. The molecule has 4 rings (SSSR count). The molecule has 1 spiro atoms. The van der Waals surface area contributed by atoms with Gasteiger partial charge in [0.05, 0.1) is 18.2 Å². The molecule has 3 aliphatic rings. The fourth-order valence-corrected chi connectivity index (χ4v) is 4.08. The molecule has 2 heterocycles. The van der Waals surface area contributed by atoms with Gasteiger partial charge in [-0.25, -0.2) is 0 Å². The molecule has 27 heavy (non-hydrogen) atoms. The first-order valence-corrected chi connectivity index (χ1v) is 9.84. The lowest BCUT2D eigenvalue weighted by Gasteiger charge is -2.35. The van der Waals surface area contributed by atoms with E-state index in [4.69, 9.17) is 30.5 Å². The van der Waals surface area contributed by atoms with Gasteiger partial charge in [-0.1, -0.05) is 11.6 Å². The molecule has 0 atom stereocenters. The Balaban J connectivity index is 1.26. The summed E-state index contributed by atoms with van der Waals surface area (Å²) in [5, 5.41) is 3.47. The molecule has 1 aromatic rings. The quantitative estimate of drug-likeness (QED) is 0.796. The smallest absolute Gasteiger partial charge is 0.244 e. The van der Waals surface area contributed by atoms with Crippen molar-refractivity contribution < 1.29 is 23.7 Å². The van der Waals surface area contributed by atoms with Crippen molar-refractivity contribution >= 4 is 23.6 Å². The Labute approximate surface area is 163 Å². The lowest BCUT2D eigenvalue weighted by Crippen LogP contribution is -2.38. The van der Waals surface area contributed by atoms with Crippen LogP contribution in [0.15, 0.2) is 18.2 Å². The summed E-state index contributed by atoms with van der Waals surface area (Å²) in [4.78, 5) is 12.1. The Hall–Kier alpha value is -1.76. The molecule has 146 valence electrons. The molecular weight excluding hydrogens is 370 g/mol. The number of halogens is 1. The Kier molecular flexibility index (Phi) is 5.57. The van der Waals surface area contributed by atoms with Gasteiger partial charge in [-0.05, 0) is 42.5 Å². The monoisotopic (exact) mass is 393 g/mol. The van der Waals surface area contributed by atoms with Crippen molar-refractivity contribution in [1.82, 2.24) is 5.32 Å². The van der Waals surface area contributed by atoms with E-state index in [1.54, 1.807) is 12.1 Å². The molecule has 0 aromatic heterocycles. The molecule has 1 saturated heterocycles. The molecule has 0 unspecified atom stereocenters. The Morgan fingerprint density at radius 3 is 2.67 bits per heavy atom. The van der Waals surface area contributed by atoms with Crippen LogP contribution in [0.25, 0.3) is 6.08 Å². The van der Waals surface area contributed by atoms with E-state index in [1.807, 2.05) is 6.07 Å². The molecule has 1 N–H and O–H groups in total. The molecule has 0 radical (unpaired) electrons. The highest BCUT2D eigenvalue weighted by Gasteiger charge is 2.40. The maximum absolute atomic E-state index is 12.1. The van der Waals surface area contributed by atoms with E-state index in [1.165, 1.54) is 6.08 Å². The summed E-state index contributed by atoms with van der Waals surface area (Å²) in [5.41, 5.74) is 0.800. The molecule has 1 aliphatic carbocycles. The standard InChI is InChI=1S/C20H24ClNO5/c21-16-11-15(12-17-19(16)25-8-7-24-17)1-2-18(23)22-13-14-3-5-20(6-4-14)26-9-10-27-20/h1-2,11-12,14H,3-10,13H2,(H,22,23). The molecule has 2 aliphatic heterocycles. The summed E-state index contributed by atoms with van der Waals surface area (Å²) >= 11 is 6.22. The highest BCUT2D eigenvalue weighted by Crippen LogP contribution is 2.39. The van der Waals surface area contributed by atoms with Crippen LogP contribution in [-0.2, 0) is 14.3 Å². The SMILES string of the molecule is O=C(C=Cc1cc(Cl)c2c(c1)OCCO2)NCC1CCC2(CC1)OCCO2. The Morgan fingerprint density at radius 1 is 1.15 bits per heavy atom. The van der Waals surface area contributed by atoms with Crippen molar-refractivity contribution in [1.29, 1.82) is 0 Å². The predicted octanol–water partition coefficient (Wildman–Crippen LogP) is 3.17. The fraction of sp³-hybridized carbons (Fsp3) is 0.550. The van der Waals surface area contributed by atoms with Gasteiger partial charge in [-0.15, -0.1) is 0 Å². The van der Waals surface area contributed by atoms with E-state index < -0.39 is 0 Å². The number of carbonyl (C=O) groups excluding carboxylic acids is 1.